The van der Waals surface area contributed by atoms with Crippen molar-refractivity contribution < 1.29 is 4.79 Å². The zero-order valence-corrected chi connectivity index (χ0v) is 10.1. The summed E-state index contributed by atoms with van der Waals surface area (Å²) in [6, 6.07) is 0. The molecule has 0 unspecified atom stereocenters. The van der Waals surface area contributed by atoms with Crippen LogP contribution in [-0.2, 0) is 11.2 Å². The number of hydrogen-bond acceptors (Lipinski definition) is 2. The van der Waals surface area contributed by atoms with Crippen LogP contribution in [0.5, 0.6) is 0 Å². The molecule has 2 N–H and O–H groups in total. The van der Waals surface area contributed by atoms with Crippen molar-refractivity contribution in [2.45, 2.75) is 39.5 Å². The molecular formula is C12H21N3O. The van der Waals surface area contributed by atoms with Crippen molar-refractivity contribution in [2.24, 2.45) is 5.92 Å². The molecule has 0 atom stereocenters. The van der Waals surface area contributed by atoms with E-state index in [2.05, 4.69) is 29.1 Å². The summed E-state index contributed by atoms with van der Waals surface area (Å²) in [7, 11) is 0. The summed E-state index contributed by atoms with van der Waals surface area (Å²) < 4.78 is 0. The number of aromatic nitrogens is 2. The summed E-state index contributed by atoms with van der Waals surface area (Å²) >= 11 is 0. The van der Waals surface area contributed by atoms with Crippen LogP contribution in [0.2, 0.25) is 0 Å². The van der Waals surface area contributed by atoms with Gasteiger partial charge in [-0.15, -0.1) is 0 Å². The Labute approximate surface area is 96.9 Å². The Morgan fingerprint density at radius 3 is 3.00 bits per heavy atom. The van der Waals surface area contributed by atoms with E-state index >= 15 is 0 Å². The van der Waals surface area contributed by atoms with Crippen molar-refractivity contribution in [3.63, 3.8) is 0 Å². The number of amides is 1. The number of rotatable bonds is 7. The smallest absolute Gasteiger partial charge is 0.220 e. The second-order valence-corrected chi connectivity index (χ2v) is 4.46. The van der Waals surface area contributed by atoms with Gasteiger partial charge < -0.3 is 10.3 Å². The molecule has 90 valence electrons. The minimum absolute atomic E-state index is 0.153. The van der Waals surface area contributed by atoms with Gasteiger partial charge in [0, 0.05) is 31.3 Å². The standard InChI is InChI=1S/C12H21N3O/c1-10(2)4-3-5-12(16)14-7-6-11-8-13-9-15-11/h8-10H,3-7H2,1-2H3,(H,13,15)(H,14,16). The molecule has 4 heteroatoms. The fourth-order valence-corrected chi connectivity index (χ4v) is 1.52. The van der Waals surface area contributed by atoms with E-state index in [1.54, 1.807) is 12.5 Å². The van der Waals surface area contributed by atoms with Gasteiger partial charge in [0.2, 0.25) is 5.91 Å². The van der Waals surface area contributed by atoms with Gasteiger partial charge in [0.15, 0.2) is 0 Å². The van der Waals surface area contributed by atoms with Crippen molar-refractivity contribution in [3.05, 3.63) is 18.2 Å². The maximum atomic E-state index is 11.4. The quantitative estimate of drug-likeness (QED) is 0.741. The number of nitrogens with zero attached hydrogens (tertiary/aromatic N) is 1. The first-order chi connectivity index (χ1) is 7.68. The van der Waals surface area contributed by atoms with Crippen LogP contribution in [0, 0.1) is 5.92 Å². The predicted octanol–water partition coefficient (Wildman–Crippen LogP) is 1.89. The summed E-state index contributed by atoms with van der Waals surface area (Å²) in [6.07, 6.45) is 6.99. The number of imidazole rings is 1. The molecule has 4 nitrogen and oxygen atoms in total. The predicted molar refractivity (Wildman–Crippen MR) is 64.0 cm³/mol. The Morgan fingerprint density at radius 1 is 1.56 bits per heavy atom. The first-order valence-electron chi connectivity index (χ1n) is 5.92. The largest absolute Gasteiger partial charge is 0.356 e. The zero-order chi connectivity index (χ0) is 11.8. The number of carbonyl (C=O) groups is 1. The summed E-state index contributed by atoms with van der Waals surface area (Å²) in [4.78, 5) is 18.3. The molecule has 1 rings (SSSR count). The minimum Gasteiger partial charge on any atom is -0.356 e. The molecule has 1 aromatic rings. The van der Waals surface area contributed by atoms with E-state index < -0.39 is 0 Å². The lowest BCUT2D eigenvalue weighted by Crippen LogP contribution is -2.25. The van der Waals surface area contributed by atoms with Gasteiger partial charge in [0.05, 0.1) is 6.33 Å². The maximum absolute atomic E-state index is 11.4. The lowest BCUT2D eigenvalue weighted by Gasteiger charge is -2.05. The van der Waals surface area contributed by atoms with Crippen LogP contribution in [0.4, 0.5) is 0 Å². The number of hydrogen-bond donors (Lipinski definition) is 2. The SMILES string of the molecule is CC(C)CCCC(=O)NCCc1cnc[nH]1. The van der Waals surface area contributed by atoms with E-state index in [4.69, 9.17) is 0 Å². The van der Waals surface area contributed by atoms with E-state index in [9.17, 15) is 4.79 Å². The fourth-order valence-electron chi connectivity index (χ4n) is 1.52. The molecular weight excluding hydrogens is 202 g/mol. The van der Waals surface area contributed by atoms with Gasteiger partial charge in [-0.25, -0.2) is 4.98 Å². The second-order valence-electron chi connectivity index (χ2n) is 4.46. The highest BCUT2D eigenvalue weighted by Gasteiger charge is 2.02. The molecule has 0 fully saturated rings. The lowest BCUT2D eigenvalue weighted by molar-refractivity contribution is -0.121. The van der Waals surface area contributed by atoms with Crippen molar-refractivity contribution >= 4 is 5.91 Å². The molecule has 0 bridgehead atoms. The first-order valence-corrected chi connectivity index (χ1v) is 5.92. The van der Waals surface area contributed by atoms with Crippen LogP contribution < -0.4 is 5.32 Å². The van der Waals surface area contributed by atoms with Gasteiger partial charge in [0.25, 0.3) is 0 Å². The van der Waals surface area contributed by atoms with Crippen molar-refractivity contribution in [2.75, 3.05) is 6.54 Å². The molecule has 0 aliphatic rings. The second kappa shape index (κ2) is 7.04. The van der Waals surface area contributed by atoms with Crippen molar-refractivity contribution in [3.8, 4) is 0 Å². The van der Waals surface area contributed by atoms with Gasteiger partial charge in [-0.3, -0.25) is 4.79 Å². The Bertz CT molecular complexity index is 293. The summed E-state index contributed by atoms with van der Waals surface area (Å²) in [6.45, 7) is 5.04. The minimum atomic E-state index is 0.153. The van der Waals surface area contributed by atoms with Gasteiger partial charge in [-0.1, -0.05) is 20.3 Å². The van der Waals surface area contributed by atoms with Crippen LogP contribution >= 0.6 is 0 Å². The highest BCUT2D eigenvalue weighted by Crippen LogP contribution is 2.05. The average Bonchev–Trinajstić information content (AvgIpc) is 2.70. The molecule has 0 saturated heterocycles. The van der Waals surface area contributed by atoms with Crippen molar-refractivity contribution in [1.82, 2.24) is 15.3 Å². The molecule has 16 heavy (non-hydrogen) atoms. The molecule has 0 saturated carbocycles. The van der Waals surface area contributed by atoms with Crippen LogP contribution in [0.3, 0.4) is 0 Å². The third-order valence-electron chi connectivity index (χ3n) is 2.46. The Balaban J connectivity index is 2.02. The Morgan fingerprint density at radius 2 is 2.38 bits per heavy atom. The fraction of sp³-hybridized carbons (Fsp3) is 0.667. The van der Waals surface area contributed by atoms with Crippen LogP contribution in [0.25, 0.3) is 0 Å². The molecule has 0 spiro atoms. The highest BCUT2D eigenvalue weighted by molar-refractivity contribution is 5.75. The summed E-state index contributed by atoms with van der Waals surface area (Å²) in [5, 5.41) is 2.91. The van der Waals surface area contributed by atoms with E-state index in [0.29, 0.717) is 18.9 Å². The van der Waals surface area contributed by atoms with Gasteiger partial charge in [0.1, 0.15) is 0 Å². The van der Waals surface area contributed by atoms with Crippen molar-refractivity contribution in [1.29, 1.82) is 0 Å². The third-order valence-corrected chi connectivity index (χ3v) is 2.46. The number of nitrogens with one attached hydrogen (secondary N) is 2. The van der Waals surface area contributed by atoms with Gasteiger partial charge in [-0.05, 0) is 12.3 Å². The van der Waals surface area contributed by atoms with E-state index in [0.717, 1.165) is 25.0 Å². The number of H-pyrrole nitrogens is 1. The molecule has 0 radical (unpaired) electrons. The molecule has 0 aromatic carbocycles. The van der Waals surface area contributed by atoms with E-state index in [-0.39, 0.29) is 5.91 Å². The summed E-state index contributed by atoms with van der Waals surface area (Å²) in [5.74, 6) is 0.831. The normalized spacial score (nSPS) is 10.7. The van der Waals surface area contributed by atoms with Gasteiger partial charge in [-0.2, -0.15) is 0 Å². The highest BCUT2D eigenvalue weighted by atomic mass is 16.1. The third kappa shape index (κ3) is 5.53. The monoisotopic (exact) mass is 223 g/mol. The van der Waals surface area contributed by atoms with Crippen LogP contribution in [0.1, 0.15) is 38.8 Å². The topological polar surface area (TPSA) is 57.8 Å². The lowest BCUT2D eigenvalue weighted by atomic mass is 10.1. The first kappa shape index (κ1) is 12.7. The number of aromatic amines is 1. The molecule has 1 amide bonds. The zero-order valence-electron chi connectivity index (χ0n) is 10.1. The van der Waals surface area contributed by atoms with Crippen LogP contribution in [0.15, 0.2) is 12.5 Å². The average molecular weight is 223 g/mol. The molecule has 1 aromatic heterocycles. The molecule has 0 aliphatic heterocycles. The van der Waals surface area contributed by atoms with E-state index in [1.165, 1.54) is 0 Å². The summed E-state index contributed by atoms with van der Waals surface area (Å²) in [5.41, 5.74) is 1.06. The van der Waals surface area contributed by atoms with Gasteiger partial charge >= 0.3 is 0 Å². The Kier molecular flexibility index (Phi) is 5.61. The number of carbonyl (C=O) groups excluding carboxylic acids is 1. The molecule has 0 aliphatic carbocycles. The maximum Gasteiger partial charge on any atom is 0.220 e. The van der Waals surface area contributed by atoms with E-state index in [1.807, 2.05) is 0 Å². The molecule has 1 heterocycles. The van der Waals surface area contributed by atoms with Crippen LogP contribution in [-0.4, -0.2) is 22.4 Å². The Hall–Kier alpha value is -1.32.